The van der Waals surface area contributed by atoms with Gasteiger partial charge < -0.3 is 5.73 Å². The summed E-state index contributed by atoms with van der Waals surface area (Å²) in [6.07, 6.45) is 1.52. The number of para-hydroxylation sites is 1. The zero-order valence-electron chi connectivity index (χ0n) is 12.2. The molecule has 0 atom stereocenters. The summed E-state index contributed by atoms with van der Waals surface area (Å²) >= 11 is 5.91. The Hall–Kier alpha value is -2.85. The van der Waals surface area contributed by atoms with Crippen molar-refractivity contribution in [2.75, 3.05) is 10.6 Å². The summed E-state index contributed by atoms with van der Waals surface area (Å²) in [5.74, 6) is -0.190. The van der Waals surface area contributed by atoms with Crippen LogP contribution in [0.15, 0.2) is 72.9 Å². The number of anilines is 3. The molecule has 5 heteroatoms. The molecular weight excluding hydrogens is 310 g/mol. The van der Waals surface area contributed by atoms with Gasteiger partial charge in [-0.2, -0.15) is 0 Å². The van der Waals surface area contributed by atoms with Gasteiger partial charge in [0.05, 0.1) is 0 Å². The molecule has 2 aromatic carbocycles. The predicted octanol–water partition coefficient (Wildman–Crippen LogP) is 4.30. The average Bonchev–Trinajstić information content (AvgIpc) is 2.58. The third-order valence-corrected chi connectivity index (χ3v) is 3.55. The van der Waals surface area contributed by atoms with Gasteiger partial charge in [0, 0.05) is 28.8 Å². The maximum Gasteiger partial charge on any atom is 0.262 e. The van der Waals surface area contributed by atoms with Crippen molar-refractivity contribution >= 4 is 34.6 Å². The fourth-order valence-corrected chi connectivity index (χ4v) is 2.42. The second-order valence-electron chi connectivity index (χ2n) is 4.93. The second-order valence-corrected chi connectivity index (χ2v) is 5.32. The van der Waals surface area contributed by atoms with Crippen molar-refractivity contribution < 1.29 is 4.79 Å². The van der Waals surface area contributed by atoms with Gasteiger partial charge in [-0.05, 0) is 48.5 Å². The number of hydrogen-bond donors (Lipinski definition) is 1. The Labute approximate surface area is 139 Å². The first-order chi connectivity index (χ1) is 11.1. The molecule has 3 aromatic rings. The quantitative estimate of drug-likeness (QED) is 0.577. The standard InChI is InChI=1S/C18H14ClN3O/c19-17-12-13(10-11-21-17)18(23)22(15-4-2-1-3-5-15)16-8-6-14(20)7-9-16/h1-12H,20H2. The Morgan fingerprint density at radius 1 is 0.957 bits per heavy atom. The van der Waals surface area contributed by atoms with Gasteiger partial charge in [-0.3, -0.25) is 9.69 Å². The summed E-state index contributed by atoms with van der Waals surface area (Å²) in [7, 11) is 0. The van der Waals surface area contributed by atoms with E-state index in [0.29, 0.717) is 11.3 Å². The molecule has 0 bridgehead atoms. The van der Waals surface area contributed by atoms with Gasteiger partial charge in [0.1, 0.15) is 5.15 Å². The molecule has 0 aliphatic heterocycles. The van der Waals surface area contributed by atoms with Crippen LogP contribution in [0, 0.1) is 0 Å². The third-order valence-electron chi connectivity index (χ3n) is 3.34. The molecule has 2 N–H and O–H groups in total. The Balaban J connectivity index is 2.08. The van der Waals surface area contributed by atoms with Crippen molar-refractivity contribution in [1.82, 2.24) is 4.98 Å². The Bertz CT molecular complexity index is 819. The summed E-state index contributed by atoms with van der Waals surface area (Å²) in [6, 6.07) is 19.7. The Morgan fingerprint density at radius 3 is 2.26 bits per heavy atom. The van der Waals surface area contributed by atoms with E-state index < -0.39 is 0 Å². The molecule has 1 amide bonds. The van der Waals surface area contributed by atoms with E-state index in [-0.39, 0.29) is 11.1 Å². The van der Waals surface area contributed by atoms with Crippen molar-refractivity contribution in [3.05, 3.63) is 83.6 Å². The summed E-state index contributed by atoms with van der Waals surface area (Å²) in [5, 5.41) is 0.279. The molecule has 0 unspecified atom stereocenters. The Morgan fingerprint density at radius 2 is 1.61 bits per heavy atom. The molecule has 3 rings (SSSR count). The summed E-state index contributed by atoms with van der Waals surface area (Å²) in [5.41, 5.74) is 8.33. The van der Waals surface area contributed by atoms with Crippen LogP contribution in [-0.4, -0.2) is 10.9 Å². The molecule has 4 nitrogen and oxygen atoms in total. The van der Waals surface area contributed by atoms with Crippen LogP contribution < -0.4 is 10.6 Å². The van der Waals surface area contributed by atoms with Crippen molar-refractivity contribution in [1.29, 1.82) is 0 Å². The molecule has 0 aliphatic carbocycles. The molecule has 114 valence electrons. The number of carbonyl (C=O) groups excluding carboxylic acids is 1. The highest BCUT2D eigenvalue weighted by Gasteiger charge is 2.20. The van der Waals surface area contributed by atoms with Crippen molar-refractivity contribution in [3.63, 3.8) is 0 Å². The van der Waals surface area contributed by atoms with E-state index in [1.807, 2.05) is 42.5 Å². The molecule has 0 saturated carbocycles. The van der Waals surface area contributed by atoms with Gasteiger partial charge >= 0.3 is 0 Å². The van der Waals surface area contributed by atoms with E-state index in [2.05, 4.69) is 4.98 Å². The number of nitrogen functional groups attached to an aromatic ring is 1. The van der Waals surface area contributed by atoms with Gasteiger partial charge in [0.15, 0.2) is 0 Å². The van der Waals surface area contributed by atoms with E-state index in [1.165, 1.54) is 6.20 Å². The minimum atomic E-state index is -0.190. The van der Waals surface area contributed by atoms with E-state index in [0.717, 1.165) is 11.4 Å². The first-order valence-corrected chi connectivity index (χ1v) is 7.39. The molecule has 0 radical (unpaired) electrons. The highest BCUT2D eigenvalue weighted by atomic mass is 35.5. The maximum atomic E-state index is 13.0. The molecule has 23 heavy (non-hydrogen) atoms. The number of pyridine rings is 1. The third kappa shape index (κ3) is 3.33. The minimum Gasteiger partial charge on any atom is -0.399 e. The number of halogens is 1. The highest BCUT2D eigenvalue weighted by Crippen LogP contribution is 2.28. The van der Waals surface area contributed by atoms with Crippen molar-refractivity contribution in [2.45, 2.75) is 0 Å². The molecule has 0 fully saturated rings. The van der Waals surface area contributed by atoms with Crippen molar-refractivity contribution in [3.8, 4) is 0 Å². The first-order valence-electron chi connectivity index (χ1n) is 7.02. The zero-order valence-corrected chi connectivity index (χ0v) is 12.9. The van der Waals surface area contributed by atoms with Crippen LogP contribution in [0.1, 0.15) is 10.4 Å². The van der Waals surface area contributed by atoms with Gasteiger partial charge in [0.25, 0.3) is 5.91 Å². The predicted molar refractivity (Wildman–Crippen MR) is 93.0 cm³/mol. The molecule has 1 aromatic heterocycles. The Kier molecular flexibility index (Phi) is 4.26. The minimum absolute atomic E-state index is 0.190. The molecular formula is C18H14ClN3O. The van der Waals surface area contributed by atoms with Crippen LogP contribution in [0.5, 0.6) is 0 Å². The zero-order chi connectivity index (χ0) is 16.2. The van der Waals surface area contributed by atoms with Crippen LogP contribution in [0.2, 0.25) is 5.15 Å². The van der Waals surface area contributed by atoms with Gasteiger partial charge in [-0.15, -0.1) is 0 Å². The molecule has 0 saturated heterocycles. The SMILES string of the molecule is Nc1ccc(N(C(=O)c2ccnc(Cl)c2)c2ccccc2)cc1. The topological polar surface area (TPSA) is 59.2 Å². The van der Waals surface area contributed by atoms with Crippen molar-refractivity contribution in [2.24, 2.45) is 0 Å². The van der Waals surface area contributed by atoms with E-state index in [4.69, 9.17) is 17.3 Å². The number of amides is 1. The van der Waals surface area contributed by atoms with Crippen LogP contribution in [0.25, 0.3) is 0 Å². The largest absolute Gasteiger partial charge is 0.399 e. The number of hydrogen-bond acceptors (Lipinski definition) is 3. The summed E-state index contributed by atoms with van der Waals surface area (Å²) in [6.45, 7) is 0. The average molecular weight is 324 g/mol. The fraction of sp³-hybridized carbons (Fsp3) is 0. The maximum absolute atomic E-state index is 13.0. The van der Waals surface area contributed by atoms with Crippen LogP contribution in [-0.2, 0) is 0 Å². The van der Waals surface area contributed by atoms with Crippen LogP contribution in [0.3, 0.4) is 0 Å². The lowest BCUT2D eigenvalue weighted by molar-refractivity contribution is 0.0999. The van der Waals surface area contributed by atoms with E-state index in [9.17, 15) is 4.79 Å². The van der Waals surface area contributed by atoms with E-state index in [1.54, 1.807) is 29.2 Å². The molecule has 1 heterocycles. The lowest BCUT2D eigenvalue weighted by Crippen LogP contribution is -2.26. The number of benzene rings is 2. The fourth-order valence-electron chi connectivity index (χ4n) is 2.25. The summed E-state index contributed by atoms with van der Waals surface area (Å²) in [4.78, 5) is 18.5. The molecule has 0 aliphatic rings. The number of rotatable bonds is 3. The second kappa shape index (κ2) is 6.50. The molecule has 0 spiro atoms. The normalized spacial score (nSPS) is 10.3. The monoisotopic (exact) mass is 323 g/mol. The van der Waals surface area contributed by atoms with Gasteiger partial charge in [-0.1, -0.05) is 29.8 Å². The summed E-state index contributed by atoms with van der Waals surface area (Å²) < 4.78 is 0. The highest BCUT2D eigenvalue weighted by molar-refractivity contribution is 6.30. The smallest absolute Gasteiger partial charge is 0.262 e. The number of carbonyl (C=O) groups is 1. The van der Waals surface area contributed by atoms with Gasteiger partial charge in [-0.25, -0.2) is 4.98 Å². The number of nitrogens with zero attached hydrogens (tertiary/aromatic N) is 2. The number of nitrogens with two attached hydrogens (primary N) is 1. The van der Waals surface area contributed by atoms with Gasteiger partial charge in [0.2, 0.25) is 0 Å². The lowest BCUT2D eigenvalue weighted by atomic mass is 10.1. The first kappa shape index (κ1) is 15.1. The van der Waals surface area contributed by atoms with Crippen LogP contribution in [0.4, 0.5) is 17.1 Å². The van der Waals surface area contributed by atoms with E-state index >= 15 is 0 Å². The lowest BCUT2D eigenvalue weighted by Gasteiger charge is -2.23. The number of aromatic nitrogens is 1. The van der Waals surface area contributed by atoms with Crippen LogP contribution >= 0.6 is 11.6 Å².